The topological polar surface area (TPSA) is 110 Å². The number of aliphatic carboxylic acids is 1. The van der Waals surface area contributed by atoms with Crippen LogP contribution in [-0.4, -0.2) is 34.5 Å². The highest BCUT2D eigenvalue weighted by Crippen LogP contribution is 2.28. The second kappa shape index (κ2) is 4.66. The van der Waals surface area contributed by atoms with Crippen molar-refractivity contribution in [1.82, 2.24) is 10.2 Å². The monoisotopic (exact) mass is 273 g/mol. The zero-order valence-corrected chi connectivity index (χ0v) is 10.6. The molecule has 0 aromatic heterocycles. The summed E-state index contributed by atoms with van der Waals surface area (Å²) in [5.41, 5.74) is -0.403. The van der Waals surface area contributed by atoms with E-state index in [0.717, 1.165) is 0 Å². The van der Waals surface area contributed by atoms with Crippen LogP contribution in [0.1, 0.15) is 18.1 Å². The molecule has 1 aromatic carbocycles. The molecule has 2 N–H and O–H groups in total. The molecule has 7 nitrogen and oxygen atoms in total. The molecular weight excluding hydrogens is 262 g/mol. The van der Waals surface area contributed by atoms with Crippen LogP contribution in [0.3, 0.4) is 0 Å². The molecule has 3 amide bonds. The third-order valence-electron chi connectivity index (χ3n) is 3.16. The van der Waals surface area contributed by atoms with Gasteiger partial charge in [-0.2, -0.15) is 5.26 Å². The summed E-state index contributed by atoms with van der Waals surface area (Å²) in [5, 5.41) is 19.9. The van der Waals surface area contributed by atoms with Crippen molar-refractivity contribution in [3.63, 3.8) is 0 Å². The second-order valence-electron chi connectivity index (χ2n) is 4.53. The van der Waals surface area contributed by atoms with E-state index in [1.165, 1.54) is 19.1 Å². The van der Waals surface area contributed by atoms with Crippen molar-refractivity contribution < 1.29 is 19.5 Å². The minimum Gasteiger partial charge on any atom is -0.480 e. The van der Waals surface area contributed by atoms with Gasteiger partial charge in [0, 0.05) is 0 Å². The number of amides is 3. The summed E-state index contributed by atoms with van der Waals surface area (Å²) in [4.78, 5) is 35.3. The van der Waals surface area contributed by atoms with Crippen molar-refractivity contribution in [2.24, 2.45) is 0 Å². The minimum atomic E-state index is -1.32. The lowest BCUT2D eigenvalue weighted by Gasteiger charge is -2.21. The minimum absolute atomic E-state index is 0.427. The molecule has 102 valence electrons. The van der Waals surface area contributed by atoms with Crippen molar-refractivity contribution in [1.29, 1.82) is 5.26 Å². The molecule has 1 aliphatic rings. The van der Waals surface area contributed by atoms with Crippen LogP contribution in [-0.2, 0) is 15.1 Å². The standard InChI is InChI=1S/C13H11N3O4/c1-13(9-4-2-8(6-14)3-5-9)11(19)16(7-10(17)18)12(20)15-13/h2-5H,7H2,1H3,(H,15,20)(H,17,18). The Morgan fingerprint density at radius 2 is 2.00 bits per heavy atom. The first-order chi connectivity index (χ1) is 9.38. The number of benzene rings is 1. The van der Waals surface area contributed by atoms with Crippen LogP contribution >= 0.6 is 0 Å². The normalized spacial score (nSPS) is 21.5. The number of carboxylic acids is 1. The van der Waals surface area contributed by atoms with E-state index in [9.17, 15) is 14.4 Å². The molecule has 2 rings (SSSR count). The predicted molar refractivity (Wildman–Crippen MR) is 66.4 cm³/mol. The summed E-state index contributed by atoms with van der Waals surface area (Å²) in [6.07, 6.45) is 0. The molecule has 1 atom stereocenters. The van der Waals surface area contributed by atoms with Crippen LogP contribution in [0.4, 0.5) is 4.79 Å². The van der Waals surface area contributed by atoms with Crippen molar-refractivity contribution >= 4 is 17.9 Å². The predicted octanol–water partition coefficient (Wildman–Crippen LogP) is 0.410. The molecular formula is C13H11N3O4. The SMILES string of the molecule is CC1(c2ccc(C#N)cc2)NC(=O)N(CC(=O)O)C1=O. The Morgan fingerprint density at radius 3 is 2.50 bits per heavy atom. The van der Waals surface area contributed by atoms with Crippen molar-refractivity contribution in [2.45, 2.75) is 12.5 Å². The lowest BCUT2D eigenvalue weighted by molar-refractivity contribution is -0.142. The van der Waals surface area contributed by atoms with Crippen molar-refractivity contribution in [2.75, 3.05) is 6.54 Å². The lowest BCUT2D eigenvalue weighted by Crippen LogP contribution is -2.41. The van der Waals surface area contributed by atoms with Crippen LogP contribution in [0.15, 0.2) is 24.3 Å². The Kier molecular flexibility index (Phi) is 3.16. The average molecular weight is 273 g/mol. The summed E-state index contributed by atoms with van der Waals surface area (Å²) in [6, 6.07) is 7.37. The maximum atomic E-state index is 12.2. The number of rotatable bonds is 3. The maximum absolute atomic E-state index is 12.2. The fourth-order valence-corrected chi connectivity index (χ4v) is 2.05. The molecule has 0 radical (unpaired) electrons. The fraction of sp³-hybridized carbons (Fsp3) is 0.231. The molecule has 1 unspecified atom stereocenters. The molecule has 7 heteroatoms. The van der Waals surface area contributed by atoms with Gasteiger partial charge in [0.05, 0.1) is 11.6 Å². The van der Waals surface area contributed by atoms with E-state index in [2.05, 4.69) is 5.32 Å². The van der Waals surface area contributed by atoms with E-state index >= 15 is 0 Å². The molecule has 1 aliphatic heterocycles. The third kappa shape index (κ3) is 2.07. The Labute approximate surface area is 114 Å². The van der Waals surface area contributed by atoms with Gasteiger partial charge in [0.15, 0.2) is 0 Å². The van der Waals surface area contributed by atoms with Crippen LogP contribution in [0.2, 0.25) is 0 Å². The van der Waals surface area contributed by atoms with E-state index in [0.29, 0.717) is 16.0 Å². The van der Waals surface area contributed by atoms with Gasteiger partial charge in [-0.3, -0.25) is 14.5 Å². The van der Waals surface area contributed by atoms with E-state index in [1.54, 1.807) is 12.1 Å². The highest BCUT2D eigenvalue weighted by atomic mass is 16.4. The number of nitrogens with zero attached hydrogens (tertiary/aromatic N) is 2. The first kappa shape index (κ1) is 13.5. The molecule has 20 heavy (non-hydrogen) atoms. The Balaban J connectivity index is 2.35. The number of nitrogens with one attached hydrogen (secondary N) is 1. The Hall–Kier alpha value is -2.88. The molecule has 1 fully saturated rings. The number of imide groups is 1. The molecule has 1 heterocycles. The first-order valence-electron chi connectivity index (χ1n) is 5.75. The Bertz CT molecular complexity index is 632. The number of nitriles is 1. The van der Waals surface area contributed by atoms with Crippen LogP contribution in [0, 0.1) is 11.3 Å². The summed E-state index contributed by atoms with van der Waals surface area (Å²) in [7, 11) is 0. The van der Waals surface area contributed by atoms with E-state index in [1.807, 2.05) is 6.07 Å². The van der Waals surface area contributed by atoms with Gasteiger partial charge in [-0.1, -0.05) is 12.1 Å². The van der Waals surface area contributed by atoms with Crippen LogP contribution < -0.4 is 5.32 Å². The fourth-order valence-electron chi connectivity index (χ4n) is 2.05. The molecule has 0 bridgehead atoms. The van der Waals surface area contributed by atoms with Gasteiger partial charge < -0.3 is 10.4 Å². The van der Waals surface area contributed by atoms with Gasteiger partial charge in [0.1, 0.15) is 12.1 Å². The van der Waals surface area contributed by atoms with Gasteiger partial charge in [0.2, 0.25) is 0 Å². The van der Waals surface area contributed by atoms with Crippen molar-refractivity contribution in [3.8, 4) is 6.07 Å². The lowest BCUT2D eigenvalue weighted by atomic mass is 9.91. The van der Waals surface area contributed by atoms with Gasteiger partial charge in [0.25, 0.3) is 5.91 Å². The average Bonchev–Trinajstić information content (AvgIpc) is 2.63. The number of hydrogen-bond acceptors (Lipinski definition) is 4. The molecule has 0 saturated carbocycles. The zero-order chi connectivity index (χ0) is 14.9. The maximum Gasteiger partial charge on any atom is 0.325 e. The smallest absolute Gasteiger partial charge is 0.325 e. The summed E-state index contributed by atoms with van der Waals surface area (Å²) < 4.78 is 0. The van der Waals surface area contributed by atoms with Gasteiger partial charge in [-0.05, 0) is 24.6 Å². The number of hydrogen-bond donors (Lipinski definition) is 2. The van der Waals surface area contributed by atoms with Gasteiger partial charge in [-0.15, -0.1) is 0 Å². The zero-order valence-electron chi connectivity index (χ0n) is 10.6. The number of carboxylic acid groups (broad SMARTS) is 1. The number of urea groups is 1. The van der Waals surface area contributed by atoms with E-state index in [4.69, 9.17) is 10.4 Å². The van der Waals surface area contributed by atoms with E-state index < -0.39 is 30.0 Å². The highest BCUT2D eigenvalue weighted by Gasteiger charge is 2.49. The summed E-state index contributed by atoms with van der Waals surface area (Å²) in [5.74, 6) is -1.90. The summed E-state index contributed by atoms with van der Waals surface area (Å²) >= 11 is 0. The van der Waals surface area contributed by atoms with Crippen LogP contribution in [0.25, 0.3) is 0 Å². The number of carbonyl (C=O) groups excluding carboxylic acids is 2. The first-order valence-corrected chi connectivity index (χ1v) is 5.75. The second-order valence-corrected chi connectivity index (χ2v) is 4.53. The quantitative estimate of drug-likeness (QED) is 0.775. The molecule has 1 saturated heterocycles. The van der Waals surface area contributed by atoms with Gasteiger partial charge in [-0.25, -0.2) is 4.79 Å². The van der Waals surface area contributed by atoms with E-state index in [-0.39, 0.29) is 0 Å². The van der Waals surface area contributed by atoms with Crippen LogP contribution in [0.5, 0.6) is 0 Å². The Morgan fingerprint density at radius 1 is 1.40 bits per heavy atom. The third-order valence-corrected chi connectivity index (χ3v) is 3.16. The molecule has 0 aliphatic carbocycles. The highest BCUT2D eigenvalue weighted by molar-refractivity contribution is 6.08. The van der Waals surface area contributed by atoms with Crippen molar-refractivity contribution in [3.05, 3.63) is 35.4 Å². The summed E-state index contributed by atoms with van der Waals surface area (Å²) in [6.45, 7) is 0.813. The molecule has 1 aromatic rings. The largest absolute Gasteiger partial charge is 0.480 e. The van der Waals surface area contributed by atoms with Gasteiger partial charge >= 0.3 is 12.0 Å². The number of carbonyl (C=O) groups is 3. The molecule has 0 spiro atoms.